The van der Waals surface area contributed by atoms with Crippen molar-refractivity contribution in [2.24, 2.45) is 11.3 Å². The number of rotatable bonds is 2. The van der Waals surface area contributed by atoms with E-state index in [0.29, 0.717) is 22.0 Å². The average Bonchev–Trinajstić information content (AvgIpc) is 2.69. The smallest absolute Gasteiger partial charge is 0.242 e. The predicted molar refractivity (Wildman–Crippen MR) is 71.7 cm³/mol. The molecule has 5 heteroatoms. The summed E-state index contributed by atoms with van der Waals surface area (Å²) in [5.41, 5.74) is 0.398. The minimum absolute atomic E-state index is 0.398. The van der Waals surface area contributed by atoms with E-state index in [-0.39, 0.29) is 0 Å². The van der Waals surface area contributed by atoms with Gasteiger partial charge >= 0.3 is 0 Å². The molecule has 4 nitrogen and oxygen atoms in total. The number of aromatic nitrogens is 3. The number of nitrogens with zero attached hydrogens (tertiary/aromatic N) is 3. The van der Waals surface area contributed by atoms with E-state index in [9.17, 15) is 0 Å². The summed E-state index contributed by atoms with van der Waals surface area (Å²) in [4.78, 5) is 4.20. The van der Waals surface area contributed by atoms with Crippen LogP contribution in [0.15, 0.2) is 10.8 Å². The highest BCUT2D eigenvalue weighted by Crippen LogP contribution is 2.39. The molecule has 1 aliphatic carbocycles. The molecule has 94 valence electrons. The minimum atomic E-state index is 0.398. The van der Waals surface area contributed by atoms with Gasteiger partial charge in [-0.05, 0) is 46.5 Å². The highest BCUT2D eigenvalue weighted by Gasteiger charge is 2.33. The first-order chi connectivity index (χ1) is 7.95. The molecule has 0 saturated heterocycles. The Hall–Kier alpha value is -0.710. The van der Waals surface area contributed by atoms with Crippen LogP contribution < -0.4 is 5.32 Å². The van der Waals surface area contributed by atoms with Crippen molar-refractivity contribution in [1.29, 1.82) is 0 Å². The van der Waals surface area contributed by atoms with Crippen LogP contribution in [0.25, 0.3) is 0 Å². The number of hydrogen-bond acceptors (Lipinski definition) is 4. The Balaban J connectivity index is 1.92. The fourth-order valence-corrected chi connectivity index (χ4v) is 2.59. The van der Waals surface area contributed by atoms with Crippen molar-refractivity contribution in [1.82, 2.24) is 15.2 Å². The molecule has 1 heterocycles. The molecule has 1 aliphatic rings. The van der Waals surface area contributed by atoms with Gasteiger partial charge < -0.3 is 5.32 Å². The van der Waals surface area contributed by atoms with E-state index in [2.05, 4.69) is 57.2 Å². The van der Waals surface area contributed by atoms with Gasteiger partial charge in [0.05, 0.1) is 6.20 Å². The Morgan fingerprint density at radius 2 is 2.06 bits per heavy atom. The molecule has 0 aromatic carbocycles. The average molecular weight is 299 g/mol. The number of hydrogen-bond donors (Lipinski definition) is 1. The number of nitrogens with one attached hydrogen (secondary N) is 1. The van der Waals surface area contributed by atoms with Gasteiger partial charge in [0, 0.05) is 6.04 Å². The molecule has 0 radical (unpaired) electrons. The lowest BCUT2D eigenvalue weighted by molar-refractivity contribution is 0.245. The molecule has 0 aliphatic heterocycles. The summed E-state index contributed by atoms with van der Waals surface area (Å²) in [6.45, 7) is 6.95. The summed E-state index contributed by atoms with van der Waals surface area (Å²) >= 11 is 3.23. The van der Waals surface area contributed by atoms with Gasteiger partial charge in [-0.15, -0.1) is 10.2 Å². The van der Waals surface area contributed by atoms with Gasteiger partial charge in [-0.1, -0.05) is 20.8 Å². The largest absolute Gasteiger partial charge is 0.350 e. The SMILES string of the molecule is CC(C)(C)[C@H]1CC[C@H](Nc2ncc(Br)nn2)C1. The molecular formula is C12H19BrN4. The maximum absolute atomic E-state index is 4.20. The second-order valence-electron chi connectivity index (χ2n) is 5.82. The Morgan fingerprint density at radius 3 is 2.59 bits per heavy atom. The highest BCUT2D eigenvalue weighted by atomic mass is 79.9. The molecule has 1 aromatic heterocycles. The molecule has 1 aromatic rings. The maximum atomic E-state index is 4.20. The zero-order chi connectivity index (χ0) is 12.5. The van der Waals surface area contributed by atoms with Gasteiger partial charge in [-0.2, -0.15) is 0 Å². The van der Waals surface area contributed by atoms with Gasteiger partial charge in [-0.3, -0.25) is 0 Å². The Morgan fingerprint density at radius 1 is 1.29 bits per heavy atom. The van der Waals surface area contributed by atoms with Crippen molar-refractivity contribution in [3.05, 3.63) is 10.8 Å². The second-order valence-corrected chi connectivity index (χ2v) is 6.63. The van der Waals surface area contributed by atoms with Gasteiger partial charge in [0.1, 0.15) is 4.60 Å². The van der Waals surface area contributed by atoms with E-state index >= 15 is 0 Å². The van der Waals surface area contributed by atoms with E-state index in [1.165, 1.54) is 19.3 Å². The summed E-state index contributed by atoms with van der Waals surface area (Å²) in [6, 6.07) is 0.488. The quantitative estimate of drug-likeness (QED) is 0.910. The zero-order valence-electron chi connectivity index (χ0n) is 10.6. The van der Waals surface area contributed by atoms with Crippen molar-refractivity contribution < 1.29 is 0 Å². The number of halogens is 1. The summed E-state index contributed by atoms with van der Waals surface area (Å²) in [6.07, 6.45) is 5.35. The van der Waals surface area contributed by atoms with Crippen LogP contribution in [0.5, 0.6) is 0 Å². The topological polar surface area (TPSA) is 50.7 Å². The van der Waals surface area contributed by atoms with Gasteiger partial charge in [0.25, 0.3) is 0 Å². The van der Waals surface area contributed by atoms with Crippen molar-refractivity contribution in [2.75, 3.05) is 5.32 Å². The maximum Gasteiger partial charge on any atom is 0.242 e. The van der Waals surface area contributed by atoms with Crippen LogP contribution in [-0.4, -0.2) is 21.2 Å². The minimum Gasteiger partial charge on any atom is -0.350 e. The fraction of sp³-hybridized carbons (Fsp3) is 0.750. The van der Waals surface area contributed by atoms with Gasteiger partial charge in [0.2, 0.25) is 5.95 Å². The molecular weight excluding hydrogens is 280 g/mol. The molecule has 0 bridgehead atoms. The van der Waals surface area contributed by atoms with Crippen LogP contribution in [0.1, 0.15) is 40.0 Å². The lowest BCUT2D eigenvalue weighted by Crippen LogP contribution is -2.22. The monoisotopic (exact) mass is 298 g/mol. The van der Waals surface area contributed by atoms with Gasteiger partial charge in [-0.25, -0.2) is 4.98 Å². The third-order valence-corrected chi connectivity index (χ3v) is 3.89. The van der Waals surface area contributed by atoms with Crippen molar-refractivity contribution >= 4 is 21.9 Å². The molecule has 1 N–H and O–H groups in total. The van der Waals surface area contributed by atoms with Gasteiger partial charge in [0.15, 0.2) is 0 Å². The first-order valence-electron chi connectivity index (χ1n) is 6.07. The summed E-state index contributed by atoms with van der Waals surface area (Å²) in [5.74, 6) is 1.41. The first-order valence-corrected chi connectivity index (χ1v) is 6.86. The van der Waals surface area contributed by atoms with E-state index in [1.807, 2.05) is 0 Å². The van der Waals surface area contributed by atoms with Crippen LogP contribution in [0.4, 0.5) is 5.95 Å². The standard InChI is InChI=1S/C12H19BrN4/c1-12(2,3)8-4-5-9(6-8)15-11-14-7-10(13)16-17-11/h7-9H,4-6H2,1-3H3,(H,14,15,17)/t8-,9-/m0/s1. The van der Waals surface area contributed by atoms with E-state index in [0.717, 1.165) is 5.92 Å². The van der Waals surface area contributed by atoms with Crippen LogP contribution in [0, 0.1) is 11.3 Å². The molecule has 1 saturated carbocycles. The lowest BCUT2D eigenvalue weighted by Gasteiger charge is -2.26. The van der Waals surface area contributed by atoms with Crippen LogP contribution in [0.3, 0.4) is 0 Å². The third-order valence-electron chi connectivity index (χ3n) is 3.52. The molecule has 17 heavy (non-hydrogen) atoms. The van der Waals surface area contributed by atoms with Crippen molar-refractivity contribution in [3.8, 4) is 0 Å². The van der Waals surface area contributed by atoms with E-state index in [1.54, 1.807) is 6.20 Å². The van der Waals surface area contributed by atoms with E-state index < -0.39 is 0 Å². The van der Waals surface area contributed by atoms with Crippen molar-refractivity contribution in [2.45, 2.75) is 46.1 Å². The summed E-state index contributed by atoms with van der Waals surface area (Å²) in [7, 11) is 0. The molecule has 1 fully saturated rings. The van der Waals surface area contributed by atoms with Crippen LogP contribution in [0.2, 0.25) is 0 Å². The molecule has 0 amide bonds. The Labute approximate surface area is 111 Å². The Kier molecular flexibility index (Phi) is 3.66. The van der Waals surface area contributed by atoms with Crippen LogP contribution in [-0.2, 0) is 0 Å². The number of anilines is 1. The van der Waals surface area contributed by atoms with Crippen LogP contribution >= 0.6 is 15.9 Å². The lowest BCUT2D eigenvalue weighted by atomic mass is 9.80. The molecule has 2 rings (SSSR count). The highest BCUT2D eigenvalue weighted by molar-refractivity contribution is 9.10. The normalized spacial score (nSPS) is 24.9. The summed E-state index contributed by atoms with van der Waals surface area (Å²) in [5, 5.41) is 11.3. The second kappa shape index (κ2) is 4.88. The Bertz CT molecular complexity index is 371. The molecule has 0 spiro atoms. The molecule has 0 unspecified atom stereocenters. The predicted octanol–water partition coefficient (Wildman–Crippen LogP) is 3.26. The third kappa shape index (κ3) is 3.37. The first kappa shape index (κ1) is 12.7. The fourth-order valence-electron chi connectivity index (χ4n) is 2.41. The van der Waals surface area contributed by atoms with E-state index in [4.69, 9.17) is 0 Å². The van der Waals surface area contributed by atoms with Crippen molar-refractivity contribution in [3.63, 3.8) is 0 Å². The zero-order valence-corrected chi connectivity index (χ0v) is 12.2. The molecule has 2 atom stereocenters. The summed E-state index contributed by atoms with van der Waals surface area (Å²) < 4.78 is 0.669.